The van der Waals surface area contributed by atoms with Gasteiger partial charge in [-0.3, -0.25) is 0 Å². The first kappa shape index (κ1) is 13.6. The number of nitrogens with one attached hydrogen (secondary N) is 1. The van der Waals surface area contributed by atoms with E-state index in [1.54, 1.807) is 24.3 Å². The molecule has 7 nitrogen and oxygen atoms in total. The SMILES string of the molecule is NC(N)=Nc1nc2ccccc2n1C(=O)Nc1ccccc1. The molecule has 0 bridgehead atoms. The zero-order valence-corrected chi connectivity index (χ0v) is 11.6. The van der Waals surface area contributed by atoms with Gasteiger partial charge in [-0.2, -0.15) is 4.99 Å². The zero-order valence-electron chi connectivity index (χ0n) is 11.6. The van der Waals surface area contributed by atoms with Crippen molar-refractivity contribution < 1.29 is 4.79 Å². The molecule has 0 fully saturated rings. The van der Waals surface area contributed by atoms with Gasteiger partial charge < -0.3 is 16.8 Å². The minimum atomic E-state index is -0.389. The largest absolute Gasteiger partial charge is 0.370 e. The second-order valence-electron chi connectivity index (χ2n) is 4.57. The Morgan fingerprint density at radius 1 is 1.05 bits per heavy atom. The standard InChI is InChI=1S/C15H14N6O/c16-13(17)20-14-19-11-8-4-5-9-12(11)21(14)15(22)18-10-6-2-1-3-7-10/h1-9H,(H,18,22)(H4,16,17,19,20). The van der Waals surface area contributed by atoms with Crippen LogP contribution in [0.15, 0.2) is 59.6 Å². The summed E-state index contributed by atoms with van der Waals surface area (Å²) in [5, 5.41) is 2.78. The maximum atomic E-state index is 12.6. The van der Waals surface area contributed by atoms with Crippen molar-refractivity contribution in [2.24, 2.45) is 16.5 Å². The monoisotopic (exact) mass is 294 g/mol. The van der Waals surface area contributed by atoms with Crippen LogP contribution in [-0.2, 0) is 0 Å². The first-order valence-corrected chi connectivity index (χ1v) is 6.58. The molecular formula is C15H14N6O. The van der Waals surface area contributed by atoms with Gasteiger partial charge in [0, 0.05) is 5.69 Å². The zero-order chi connectivity index (χ0) is 15.5. The van der Waals surface area contributed by atoms with E-state index < -0.39 is 0 Å². The molecule has 5 N–H and O–H groups in total. The quantitative estimate of drug-likeness (QED) is 0.496. The molecule has 0 saturated carbocycles. The second kappa shape index (κ2) is 5.57. The number of hydrogen-bond donors (Lipinski definition) is 3. The molecule has 3 aromatic rings. The topological polar surface area (TPSA) is 111 Å². The fraction of sp³-hybridized carbons (Fsp3) is 0. The van der Waals surface area contributed by atoms with Crippen LogP contribution in [0.2, 0.25) is 0 Å². The van der Waals surface area contributed by atoms with Crippen molar-refractivity contribution in [3.8, 4) is 0 Å². The van der Waals surface area contributed by atoms with Crippen LogP contribution in [0, 0.1) is 0 Å². The number of hydrogen-bond acceptors (Lipinski definition) is 3. The summed E-state index contributed by atoms with van der Waals surface area (Å²) in [5.74, 6) is -0.0290. The van der Waals surface area contributed by atoms with Crippen LogP contribution in [0.4, 0.5) is 16.4 Å². The van der Waals surface area contributed by atoms with E-state index in [-0.39, 0.29) is 17.9 Å². The lowest BCUT2D eigenvalue weighted by Crippen LogP contribution is -2.24. The molecule has 1 amide bonds. The lowest BCUT2D eigenvalue weighted by atomic mass is 10.3. The van der Waals surface area contributed by atoms with E-state index in [0.717, 1.165) is 0 Å². The van der Waals surface area contributed by atoms with Crippen LogP contribution in [0.5, 0.6) is 0 Å². The predicted molar refractivity (Wildman–Crippen MR) is 86.1 cm³/mol. The highest BCUT2D eigenvalue weighted by Gasteiger charge is 2.16. The average Bonchev–Trinajstić information content (AvgIpc) is 2.85. The van der Waals surface area contributed by atoms with E-state index in [4.69, 9.17) is 11.5 Å². The summed E-state index contributed by atoms with van der Waals surface area (Å²) in [6.45, 7) is 0. The summed E-state index contributed by atoms with van der Waals surface area (Å²) < 4.78 is 1.34. The molecule has 3 rings (SSSR count). The Morgan fingerprint density at radius 3 is 2.45 bits per heavy atom. The first-order valence-electron chi connectivity index (χ1n) is 6.58. The summed E-state index contributed by atoms with van der Waals surface area (Å²) in [4.78, 5) is 20.7. The number of carbonyl (C=O) groups is 1. The number of imidazole rings is 1. The molecule has 110 valence electrons. The second-order valence-corrected chi connectivity index (χ2v) is 4.57. The third kappa shape index (κ3) is 2.59. The van der Waals surface area contributed by atoms with E-state index in [0.29, 0.717) is 16.7 Å². The molecule has 0 radical (unpaired) electrons. The highest BCUT2D eigenvalue weighted by molar-refractivity contribution is 6.00. The highest BCUT2D eigenvalue weighted by atomic mass is 16.2. The Bertz CT molecular complexity index is 849. The first-order chi connectivity index (χ1) is 10.6. The van der Waals surface area contributed by atoms with Gasteiger partial charge in [0.25, 0.3) is 0 Å². The Hall–Kier alpha value is -3.35. The van der Waals surface area contributed by atoms with Crippen LogP contribution >= 0.6 is 0 Å². The van der Waals surface area contributed by atoms with Gasteiger partial charge in [0.15, 0.2) is 5.96 Å². The van der Waals surface area contributed by atoms with Crippen molar-refractivity contribution in [1.29, 1.82) is 0 Å². The van der Waals surface area contributed by atoms with Crippen molar-refractivity contribution in [2.45, 2.75) is 0 Å². The number of benzene rings is 2. The minimum Gasteiger partial charge on any atom is -0.370 e. The number of rotatable bonds is 2. The minimum absolute atomic E-state index is 0.134. The van der Waals surface area contributed by atoms with E-state index in [1.807, 2.05) is 30.3 Å². The number of carbonyl (C=O) groups excluding carboxylic acids is 1. The summed E-state index contributed by atoms with van der Waals surface area (Å²) in [5.41, 5.74) is 12.7. The van der Waals surface area contributed by atoms with Gasteiger partial charge in [0.1, 0.15) is 0 Å². The number of para-hydroxylation sites is 3. The Morgan fingerprint density at radius 2 is 1.73 bits per heavy atom. The molecule has 1 heterocycles. The van der Waals surface area contributed by atoms with E-state index in [2.05, 4.69) is 15.3 Å². The Kier molecular flexibility index (Phi) is 3.45. The van der Waals surface area contributed by atoms with Gasteiger partial charge in [-0.15, -0.1) is 0 Å². The summed E-state index contributed by atoms with van der Waals surface area (Å²) in [6, 6.07) is 15.9. The summed E-state index contributed by atoms with van der Waals surface area (Å²) >= 11 is 0. The van der Waals surface area contributed by atoms with E-state index in [1.165, 1.54) is 4.57 Å². The lowest BCUT2D eigenvalue weighted by Gasteiger charge is -2.07. The lowest BCUT2D eigenvalue weighted by molar-refractivity contribution is 0.254. The highest BCUT2D eigenvalue weighted by Crippen LogP contribution is 2.22. The van der Waals surface area contributed by atoms with Crippen molar-refractivity contribution in [2.75, 3.05) is 5.32 Å². The number of aromatic nitrogens is 2. The van der Waals surface area contributed by atoms with Gasteiger partial charge in [0.05, 0.1) is 11.0 Å². The number of amides is 1. The third-order valence-electron chi connectivity index (χ3n) is 3.00. The molecule has 0 aliphatic heterocycles. The molecule has 0 spiro atoms. The molecule has 0 saturated heterocycles. The van der Waals surface area contributed by atoms with Crippen LogP contribution in [0.3, 0.4) is 0 Å². The molecule has 0 unspecified atom stereocenters. The molecule has 7 heteroatoms. The molecule has 1 aromatic heterocycles. The van der Waals surface area contributed by atoms with E-state index in [9.17, 15) is 4.79 Å². The van der Waals surface area contributed by atoms with Crippen molar-refractivity contribution in [3.05, 3.63) is 54.6 Å². The number of nitrogens with zero attached hydrogens (tertiary/aromatic N) is 3. The molecule has 0 aliphatic rings. The molecule has 0 aliphatic carbocycles. The molecule has 2 aromatic carbocycles. The van der Waals surface area contributed by atoms with Crippen molar-refractivity contribution in [3.63, 3.8) is 0 Å². The molecule has 22 heavy (non-hydrogen) atoms. The number of anilines is 1. The summed E-state index contributed by atoms with van der Waals surface area (Å²) in [6.07, 6.45) is 0. The summed E-state index contributed by atoms with van der Waals surface area (Å²) in [7, 11) is 0. The van der Waals surface area contributed by atoms with Crippen molar-refractivity contribution >= 4 is 34.7 Å². The van der Waals surface area contributed by atoms with Crippen molar-refractivity contribution in [1.82, 2.24) is 9.55 Å². The fourth-order valence-electron chi connectivity index (χ4n) is 2.10. The average molecular weight is 294 g/mol. The third-order valence-corrected chi connectivity index (χ3v) is 3.00. The molecule has 0 atom stereocenters. The maximum absolute atomic E-state index is 12.6. The Labute approximate surface area is 126 Å². The Balaban J connectivity index is 2.08. The van der Waals surface area contributed by atoms with E-state index >= 15 is 0 Å². The number of nitrogens with two attached hydrogens (primary N) is 2. The van der Waals surface area contributed by atoms with Gasteiger partial charge in [0.2, 0.25) is 5.95 Å². The number of guanidine groups is 1. The van der Waals surface area contributed by atoms with Crippen LogP contribution in [0.1, 0.15) is 0 Å². The van der Waals surface area contributed by atoms with Gasteiger partial charge in [-0.1, -0.05) is 30.3 Å². The number of fused-ring (bicyclic) bond motifs is 1. The van der Waals surface area contributed by atoms with Gasteiger partial charge in [-0.25, -0.2) is 14.3 Å². The van der Waals surface area contributed by atoms with Crippen LogP contribution in [0.25, 0.3) is 11.0 Å². The van der Waals surface area contributed by atoms with Crippen LogP contribution < -0.4 is 16.8 Å². The normalized spacial score (nSPS) is 10.4. The smallest absolute Gasteiger partial charge is 0.333 e. The predicted octanol–water partition coefficient (Wildman–Crippen LogP) is 2.02. The van der Waals surface area contributed by atoms with Gasteiger partial charge >= 0.3 is 6.03 Å². The fourth-order valence-corrected chi connectivity index (χ4v) is 2.10. The van der Waals surface area contributed by atoms with Gasteiger partial charge in [-0.05, 0) is 24.3 Å². The number of aliphatic imine (C=N–C) groups is 1. The molecular weight excluding hydrogens is 280 g/mol. The maximum Gasteiger partial charge on any atom is 0.333 e. The van der Waals surface area contributed by atoms with Crippen LogP contribution in [-0.4, -0.2) is 21.5 Å².